The third-order valence-electron chi connectivity index (χ3n) is 5.09. The van der Waals surface area contributed by atoms with E-state index < -0.39 is 6.10 Å². The first-order chi connectivity index (χ1) is 13.0. The van der Waals surface area contributed by atoms with Gasteiger partial charge in [-0.3, -0.25) is 14.4 Å². The Morgan fingerprint density at radius 2 is 1.93 bits per heavy atom. The van der Waals surface area contributed by atoms with Crippen LogP contribution in [0.3, 0.4) is 0 Å². The minimum Gasteiger partial charge on any atom is -0.479 e. The van der Waals surface area contributed by atoms with Crippen LogP contribution >= 0.6 is 0 Å². The zero-order chi connectivity index (χ0) is 19.4. The third-order valence-corrected chi connectivity index (χ3v) is 5.09. The van der Waals surface area contributed by atoms with Gasteiger partial charge in [-0.25, -0.2) is 0 Å². The molecule has 0 aromatic heterocycles. The third kappa shape index (κ3) is 4.23. The zero-order valence-corrected chi connectivity index (χ0v) is 15.8. The maximum absolute atomic E-state index is 12.6. The number of hydrogen-bond acceptors (Lipinski definition) is 5. The Morgan fingerprint density at radius 3 is 2.63 bits per heavy atom. The van der Waals surface area contributed by atoms with E-state index in [1.54, 1.807) is 23.6 Å². The SMILES string of the molecule is CCOC(=O)C1CCN(C(=O)CCN2C(=O)C(C)Oc3ccccc32)CC1. The summed E-state index contributed by atoms with van der Waals surface area (Å²) in [4.78, 5) is 40.3. The van der Waals surface area contributed by atoms with E-state index in [0.717, 1.165) is 0 Å². The molecule has 0 N–H and O–H groups in total. The Morgan fingerprint density at radius 1 is 1.22 bits per heavy atom. The maximum Gasteiger partial charge on any atom is 0.309 e. The maximum atomic E-state index is 12.6. The molecule has 1 aromatic carbocycles. The molecule has 1 unspecified atom stereocenters. The molecule has 0 aliphatic carbocycles. The number of esters is 1. The lowest BCUT2D eigenvalue weighted by Crippen LogP contribution is -2.47. The van der Waals surface area contributed by atoms with Gasteiger partial charge in [0, 0.05) is 26.1 Å². The molecule has 0 saturated carbocycles. The zero-order valence-electron chi connectivity index (χ0n) is 15.8. The molecule has 2 aliphatic heterocycles. The van der Waals surface area contributed by atoms with Crippen molar-refractivity contribution < 1.29 is 23.9 Å². The number of amides is 2. The summed E-state index contributed by atoms with van der Waals surface area (Å²) in [6, 6.07) is 7.36. The van der Waals surface area contributed by atoms with Gasteiger partial charge in [0.1, 0.15) is 5.75 Å². The number of carbonyl (C=O) groups excluding carboxylic acids is 3. The number of anilines is 1. The fourth-order valence-corrected chi connectivity index (χ4v) is 3.58. The second-order valence-corrected chi connectivity index (χ2v) is 6.87. The predicted octanol–water partition coefficient (Wildman–Crippen LogP) is 1.99. The molecule has 1 fully saturated rings. The lowest BCUT2D eigenvalue weighted by molar-refractivity contribution is -0.151. The highest BCUT2D eigenvalue weighted by molar-refractivity contribution is 6.00. The van der Waals surface area contributed by atoms with Crippen molar-refractivity contribution >= 4 is 23.5 Å². The molecule has 7 heteroatoms. The molecule has 1 atom stereocenters. The first kappa shape index (κ1) is 19.2. The van der Waals surface area contributed by atoms with Gasteiger partial charge in [-0.1, -0.05) is 12.1 Å². The van der Waals surface area contributed by atoms with Crippen LogP contribution in [0.25, 0.3) is 0 Å². The van der Waals surface area contributed by atoms with Gasteiger partial charge in [0.2, 0.25) is 5.91 Å². The summed E-state index contributed by atoms with van der Waals surface area (Å²) >= 11 is 0. The van der Waals surface area contributed by atoms with E-state index in [2.05, 4.69) is 0 Å². The molecule has 7 nitrogen and oxygen atoms in total. The summed E-state index contributed by atoms with van der Waals surface area (Å²) in [5.74, 6) is 0.230. The molecular formula is C20H26N2O5. The molecule has 1 aromatic rings. The van der Waals surface area contributed by atoms with Gasteiger partial charge in [-0.05, 0) is 38.8 Å². The van der Waals surface area contributed by atoms with Crippen LogP contribution in [0.2, 0.25) is 0 Å². The molecular weight excluding hydrogens is 348 g/mol. The van der Waals surface area contributed by atoms with Crippen molar-refractivity contribution in [1.29, 1.82) is 0 Å². The number of hydrogen-bond donors (Lipinski definition) is 0. The Balaban J connectivity index is 1.55. The fraction of sp³-hybridized carbons (Fsp3) is 0.550. The first-order valence-electron chi connectivity index (χ1n) is 9.52. The van der Waals surface area contributed by atoms with Gasteiger partial charge in [0.25, 0.3) is 5.91 Å². The van der Waals surface area contributed by atoms with Gasteiger partial charge in [0.15, 0.2) is 6.10 Å². The normalized spacial score (nSPS) is 20.1. The van der Waals surface area contributed by atoms with Crippen LogP contribution in [0, 0.1) is 5.92 Å². The first-order valence-corrected chi connectivity index (χ1v) is 9.52. The van der Waals surface area contributed by atoms with Crippen molar-refractivity contribution in [1.82, 2.24) is 4.90 Å². The lowest BCUT2D eigenvalue weighted by Gasteiger charge is -2.34. The summed E-state index contributed by atoms with van der Waals surface area (Å²) in [5, 5.41) is 0. The Hall–Kier alpha value is -2.57. The number of para-hydroxylation sites is 2. The number of fused-ring (bicyclic) bond motifs is 1. The molecule has 146 valence electrons. The predicted molar refractivity (Wildman–Crippen MR) is 99.4 cm³/mol. The van der Waals surface area contributed by atoms with Crippen molar-refractivity contribution in [2.45, 2.75) is 39.2 Å². The smallest absolute Gasteiger partial charge is 0.309 e. The average Bonchev–Trinajstić information content (AvgIpc) is 2.68. The van der Waals surface area contributed by atoms with Gasteiger partial charge in [-0.15, -0.1) is 0 Å². The highest BCUT2D eigenvalue weighted by atomic mass is 16.5. The van der Waals surface area contributed by atoms with Crippen molar-refractivity contribution in [3.63, 3.8) is 0 Å². The van der Waals surface area contributed by atoms with Crippen LogP contribution in [0.15, 0.2) is 24.3 Å². The van der Waals surface area contributed by atoms with Crippen LogP contribution < -0.4 is 9.64 Å². The quantitative estimate of drug-likeness (QED) is 0.737. The standard InChI is InChI=1S/C20H26N2O5/c1-3-26-20(25)15-8-11-21(12-9-15)18(23)10-13-22-16-6-4-5-7-17(16)27-14(2)19(22)24/h4-7,14-15H,3,8-13H2,1-2H3. The molecule has 0 radical (unpaired) electrons. The van der Waals surface area contributed by atoms with Crippen molar-refractivity contribution in [2.24, 2.45) is 5.92 Å². The Kier molecular flexibility index (Phi) is 5.98. The number of nitrogens with zero attached hydrogens (tertiary/aromatic N) is 2. The largest absolute Gasteiger partial charge is 0.479 e. The van der Waals surface area contributed by atoms with E-state index in [1.807, 2.05) is 24.3 Å². The van der Waals surface area contributed by atoms with Crippen LogP contribution in [0.5, 0.6) is 5.75 Å². The summed E-state index contributed by atoms with van der Waals surface area (Å²) in [5.41, 5.74) is 0.703. The Bertz CT molecular complexity index is 712. The molecule has 3 rings (SSSR count). The molecule has 2 amide bonds. The number of rotatable bonds is 5. The van der Waals surface area contributed by atoms with Gasteiger partial charge in [0.05, 0.1) is 18.2 Å². The van der Waals surface area contributed by atoms with Crippen LogP contribution in [-0.2, 0) is 19.1 Å². The van der Waals surface area contributed by atoms with E-state index in [-0.39, 0.29) is 30.1 Å². The number of carbonyl (C=O) groups is 3. The summed E-state index contributed by atoms with van der Waals surface area (Å²) in [6.07, 6.45) is 0.939. The molecule has 1 saturated heterocycles. The second-order valence-electron chi connectivity index (χ2n) is 6.87. The molecule has 0 spiro atoms. The van der Waals surface area contributed by atoms with Gasteiger partial charge in [-0.2, -0.15) is 0 Å². The molecule has 27 heavy (non-hydrogen) atoms. The molecule has 0 bridgehead atoms. The van der Waals surface area contributed by atoms with E-state index in [4.69, 9.17) is 9.47 Å². The molecule has 2 heterocycles. The van der Waals surface area contributed by atoms with E-state index >= 15 is 0 Å². The van der Waals surface area contributed by atoms with E-state index in [1.165, 1.54) is 0 Å². The number of piperidine rings is 1. The summed E-state index contributed by atoms with van der Waals surface area (Å²) in [7, 11) is 0. The van der Waals surface area contributed by atoms with Gasteiger partial charge < -0.3 is 19.3 Å². The number of likely N-dealkylation sites (tertiary alicyclic amines) is 1. The topological polar surface area (TPSA) is 76.2 Å². The van der Waals surface area contributed by atoms with Crippen molar-refractivity contribution in [3.05, 3.63) is 24.3 Å². The van der Waals surface area contributed by atoms with E-state index in [9.17, 15) is 14.4 Å². The lowest BCUT2D eigenvalue weighted by atomic mass is 9.97. The monoisotopic (exact) mass is 374 g/mol. The Labute approximate surface area is 159 Å². The average molecular weight is 374 g/mol. The fourth-order valence-electron chi connectivity index (χ4n) is 3.58. The highest BCUT2D eigenvalue weighted by Gasteiger charge is 2.32. The number of benzene rings is 1. The van der Waals surface area contributed by atoms with Crippen molar-refractivity contribution in [3.8, 4) is 5.75 Å². The second kappa shape index (κ2) is 8.41. The van der Waals surface area contributed by atoms with E-state index in [0.29, 0.717) is 50.5 Å². The molecule has 2 aliphatic rings. The minimum atomic E-state index is -0.560. The van der Waals surface area contributed by atoms with Crippen LogP contribution in [0.1, 0.15) is 33.1 Å². The summed E-state index contributed by atoms with van der Waals surface area (Å²) in [6.45, 7) is 5.31. The van der Waals surface area contributed by atoms with Crippen molar-refractivity contribution in [2.75, 3.05) is 31.1 Å². The highest BCUT2D eigenvalue weighted by Crippen LogP contribution is 2.33. The minimum absolute atomic E-state index is 0.00161. The van der Waals surface area contributed by atoms with Crippen LogP contribution in [-0.4, -0.2) is 55.0 Å². The van der Waals surface area contributed by atoms with Gasteiger partial charge >= 0.3 is 5.97 Å². The summed E-state index contributed by atoms with van der Waals surface area (Å²) < 4.78 is 10.7. The number of ether oxygens (including phenoxy) is 2. The van der Waals surface area contributed by atoms with Crippen LogP contribution in [0.4, 0.5) is 5.69 Å².